The largest absolute Gasteiger partial charge is 0.465 e. The van der Waals surface area contributed by atoms with Gasteiger partial charge in [-0.15, -0.1) is 0 Å². The van der Waals surface area contributed by atoms with Gasteiger partial charge in [-0.2, -0.15) is 5.10 Å². The zero-order valence-corrected chi connectivity index (χ0v) is 18.5. The molecule has 166 valence electrons. The minimum absolute atomic E-state index is 0.0153. The van der Waals surface area contributed by atoms with Gasteiger partial charge in [0.2, 0.25) is 0 Å². The van der Waals surface area contributed by atoms with E-state index in [4.69, 9.17) is 21.1 Å². The van der Waals surface area contributed by atoms with Crippen molar-refractivity contribution in [3.8, 4) is 28.1 Å². The van der Waals surface area contributed by atoms with Crippen LogP contribution in [0.4, 0.5) is 4.39 Å². The zero-order valence-electron chi connectivity index (χ0n) is 17.7. The normalized spacial score (nSPS) is 10.7. The van der Waals surface area contributed by atoms with Crippen LogP contribution in [0.25, 0.3) is 28.1 Å². The van der Waals surface area contributed by atoms with Crippen LogP contribution in [0.1, 0.15) is 20.8 Å². The van der Waals surface area contributed by atoms with E-state index in [2.05, 4.69) is 5.10 Å². The summed E-state index contributed by atoms with van der Waals surface area (Å²) in [7, 11) is 2.46. The van der Waals surface area contributed by atoms with Crippen LogP contribution in [-0.2, 0) is 9.47 Å². The van der Waals surface area contributed by atoms with Crippen molar-refractivity contribution in [1.29, 1.82) is 0 Å². The molecule has 0 N–H and O–H groups in total. The number of nitrogens with zero attached hydrogens (tertiary/aromatic N) is 2. The van der Waals surface area contributed by atoms with Gasteiger partial charge in [0.25, 0.3) is 0 Å². The van der Waals surface area contributed by atoms with Gasteiger partial charge in [0.15, 0.2) is 5.69 Å². The highest BCUT2D eigenvalue weighted by atomic mass is 35.5. The Morgan fingerprint density at radius 3 is 2.06 bits per heavy atom. The van der Waals surface area contributed by atoms with Crippen molar-refractivity contribution in [2.75, 3.05) is 14.2 Å². The Balaban J connectivity index is 1.88. The van der Waals surface area contributed by atoms with Gasteiger partial charge in [-0.1, -0.05) is 60.1 Å². The highest BCUT2D eigenvalue weighted by Crippen LogP contribution is 2.31. The summed E-state index contributed by atoms with van der Waals surface area (Å²) in [6.45, 7) is 0. The number of ether oxygens (including phenoxy) is 2. The monoisotopic (exact) mass is 464 g/mol. The van der Waals surface area contributed by atoms with Crippen LogP contribution in [0.3, 0.4) is 0 Å². The van der Waals surface area contributed by atoms with Gasteiger partial charge in [-0.3, -0.25) is 0 Å². The zero-order chi connectivity index (χ0) is 23.5. The number of hydrogen-bond donors (Lipinski definition) is 0. The number of carbonyl (C=O) groups is 2. The fraction of sp³-hybridized carbons (Fsp3) is 0.0800. The molecule has 0 saturated heterocycles. The summed E-state index contributed by atoms with van der Waals surface area (Å²) in [5.74, 6) is -1.97. The number of halogens is 2. The molecule has 0 unspecified atom stereocenters. The van der Waals surface area contributed by atoms with Crippen molar-refractivity contribution < 1.29 is 23.5 Å². The van der Waals surface area contributed by atoms with E-state index in [0.29, 0.717) is 16.8 Å². The van der Waals surface area contributed by atoms with Crippen molar-refractivity contribution in [2.24, 2.45) is 0 Å². The van der Waals surface area contributed by atoms with Crippen molar-refractivity contribution in [3.05, 3.63) is 94.9 Å². The van der Waals surface area contributed by atoms with Gasteiger partial charge in [0.1, 0.15) is 17.1 Å². The average molecular weight is 465 g/mol. The molecule has 0 aliphatic carbocycles. The third-order valence-electron chi connectivity index (χ3n) is 5.07. The van der Waals surface area contributed by atoms with Gasteiger partial charge in [0.05, 0.1) is 24.9 Å². The van der Waals surface area contributed by atoms with Gasteiger partial charge >= 0.3 is 11.9 Å². The number of esters is 2. The van der Waals surface area contributed by atoms with Crippen molar-refractivity contribution in [3.63, 3.8) is 0 Å². The van der Waals surface area contributed by atoms with Crippen molar-refractivity contribution in [2.45, 2.75) is 0 Å². The Bertz CT molecular complexity index is 1330. The summed E-state index contributed by atoms with van der Waals surface area (Å²) in [4.78, 5) is 25.4. The average Bonchev–Trinajstić information content (AvgIpc) is 3.26. The molecule has 33 heavy (non-hydrogen) atoms. The lowest BCUT2D eigenvalue weighted by Crippen LogP contribution is -2.15. The first-order valence-electron chi connectivity index (χ1n) is 9.85. The fourth-order valence-electron chi connectivity index (χ4n) is 3.45. The van der Waals surface area contributed by atoms with E-state index in [1.165, 1.54) is 31.0 Å². The molecule has 8 heteroatoms. The molecule has 4 aromatic rings. The molecule has 1 aromatic heterocycles. The first-order chi connectivity index (χ1) is 15.9. The summed E-state index contributed by atoms with van der Waals surface area (Å²) in [5, 5.41) is 4.60. The Morgan fingerprint density at radius 1 is 0.848 bits per heavy atom. The summed E-state index contributed by atoms with van der Waals surface area (Å²) >= 11 is 5.77. The summed E-state index contributed by atoms with van der Waals surface area (Å²) in [5.41, 5.74) is 2.70. The first-order valence-corrected chi connectivity index (χ1v) is 10.2. The molecule has 0 atom stereocenters. The van der Waals surface area contributed by atoms with Crippen LogP contribution in [-0.4, -0.2) is 35.9 Å². The SMILES string of the molecule is COC(=O)c1c(-c2ccc(-c3ccc(Cl)c(F)c3)cc2)nn(-c2ccccc2)c1C(=O)OC. The van der Waals surface area contributed by atoms with E-state index in [-0.39, 0.29) is 22.0 Å². The molecule has 6 nitrogen and oxygen atoms in total. The van der Waals surface area contributed by atoms with Crippen LogP contribution in [0, 0.1) is 5.82 Å². The van der Waals surface area contributed by atoms with E-state index >= 15 is 0 Å². The molecule has 0 radical (unpaired) electrons. The maximum Gasteiger partial charge on any atom is 0.357 e. The summed E-state index contributed by atoms with van der Waals surface area (Å²) in [6, 6.07) is 20.4. The number of aromatic nitrogens is 2. The Labute approximate surface area is 194 Å². The van der Waals surface area contributed by atoms with Crippen LogP contribution >= 0.6 is 11.6 Å². The molecule has 0 bridgehead atoms. The minimum Gasteiger partial charge on any atom is -0.465 e. The Morgan fingerprint density at radius 2 is 1.45 bits per heavy atom. The standard InChI is InChI=1S/C25H18ClFN2O4/c1-32-24(30)21-22(28-29(23(21)25(31)33-2)18-6-4-3-5-7-18)16-10-8-15(9-11-16)17-12-13-19(26)20(27)14-17/h3-14H,1-2H3. The second-order valence-electron chi connectivity index (χ2n) is 7.01. The van der Waals surface area contributed by atoms with Crippen LogP contribution in [0.5, 0.6) is 0 Å². The molecule has 0 aliphatic rings. The highest BCUT2D eigenvalue weighted by molar-refractivity contribution is 6.30. The van der Waals surface area contributed by atoms with E-state index < -0.39 is 17.8 Å². The second kappa shape index (κ2) is 9.26. The van der Waals surface area contributed by atoms with E-state index in [9.17, 15) is 14.0 Å². The third-order valence-corrected chi connectivity index (χ3v) is 5.37. The fourth-order valence-corrected chi connectivity index (χ4v) is 3.57. The molecule has 0 fully saturated rings. The lowest BCUT2D eigenvalue weighted by molar-refractivity contribution is 0.0549. The Kier molecular flexibility index (Phi) is 6.24. The molecule has 4 rings (SSSR count). The topological polar surface area (TPSA) is 70.4 Å². The van der Waals surface area contributed by atoms with Crippen LogP contribution < -0.4 is 0 Å². The van der Waals surface area contributed by atoms with E-state index in [1.54, 1.807) is 54.6 Å². The maximum absolute atomic E-state index is 13.9. The molecule has 1 heterocycles. The lowest BCUT2D eigenvalue weighted by Gasteiger charge is -2.07. The number of methoxy groups -OCH3 is 2. The number of carbonyl (C=O) groups excluding carboxylic acids is 2. The number of benzene rings is 3. The lowest BCUT2D eigenvalue weighted by atomic mass is 10.0. The highest BCUT2D eigenvalue weighted by Gasteiger charge is 2.31. The number of hydrogen-bond acceptors (Lipinski definition) is 5. The number of para-hydroxylation sites is 1. The number of rotatable bonds is 5. The van der Waals surface area contributed by atoms with Crippen LogP contribution in [0.2, 0.25) is 5.02 Å². The molecular weight excluding hydrogens is 447 g/mol. The van der Waals surface area contributed by atoms with Crippen LogP contribution in [0.15, 0.2) is 72.8 Å². The third kappa shape index (κ3) is 4.23. The molecular formula is C25H18ClFN2O4. The minimum atomic E-state index is -0.730. The smallest absolute Gasteiger partial charge is 0.357 e. The van der Waals surface area contributed by atoms with Crippen molar-refractivity contribution in [1.82, 2.24) is 9.78 Å². The summed E-state index contributed by atoms with van der Waals surface area (Å²) in [6.07, 6.45) is 0. The molecule has 0 saturated carbocycles. The van der Waals surface area contributed by atoms with Gasteiger partial charge in [-0.05, 0) is 35.4 Å². The quantitative estimate of drug-likeness (QED) is 0.361. The predicted molar refractivity (Wildman–Crippen MR) is 122 cm³/mol. The summed E-state index contributed by atoms with van der Waals surface area (Å²) < 4.78 is 25.1. The molecule has 0 amide bonds. The van der Waals surface area contributed by atoms with E-state index in [1.807, 2.05) is 6.07 Å². The van der Waals surface area contributed by atoms with Crippen molar-refractivity contribution >= 4 is 23.5 Å². The Hall–Kier alpha value is -3.97. The van der Waals surface area contributed by atoms with Gasteiger partial charge in [-0.25, -0.2) is 18.7 Å². The molecule has 0 spiro atoms. The molecule has 0 aliphatic heterocycles. The molecule has 3 aromatic carbocycles. The van der Waals surface area contributed by atoms with E-state index in [0.717, 1.165) is 5.56 Å². The van der Waals surface area contributed by atoms with Gasteiger partial charge in [0, 0.05) is 5.56 Å². The first kappa shape index (κ1) is 22.2. The maximum atomic E-state index is 13.9. The second-order valence-corrected chi connectivity index (χ2v) is 7.42. The predicted octanol–water partition coefficient (Wildman–Crippen LogP) is 5.57. The van der Waals surface area contributed by atoms with Gasteiger partial charge < -0.3 is 9.47 Å².